The van der Waals surface area contributed by atoms with Crippen LogP contribution in [0.3, 0.4) is 0 Å². The fourth-order valence-electron chi connectivity index (χ4n) is 6.95. The molecule has 170 valence electrons. The molecule has 0 atom stereocenters. The van der Waals surface area contributed by atoms with Crippen LogP contribution in [0, 0.1) is 0 Å². The van der Waals surface area contributed by atoms with Crippen LogP contribution in [0.4, 0.5) is 0 Å². The Bertz CT molecular complexity index is 2450. The monoisotopic (exact) mass is 471 g/mol. The van der Waals surface area contributed by atoms with Crippen molar-refractivity contribution in [1.82, 2.24) is 4.57 Å². The van der Waals surface area contributed by atoms with Gasteiger partial charge >= 0.3 is 0 Å². The Labute approximate surface area is 209 Å². The van der Waals surface area contributed by atoms with Gasteiger partial charge in [-0.05, 0) is 53.6 Å². The number of rotatable bonds is 1. The maximum Gasteiger partial charge on any atom is 0.146 e. The minimum absolute atomic E-state index is 0.917. The van der Waals surface area contributed by atoms with Crippen LogP contribution < -0.4 is 0 Å². The highest BCUT2D eigenvalue weighted by molar-refractivity contribution is 6.43. The molecule has 0 N–H and O–H groups in total. The van der Waals surface area contributed by atoms with Crippen LogP contribution in [0.1, 0.15) is 0 Å². The second kappa shape index (κ2) is 6.03. The van der Waals surface area contributed by atoms with Crippen molar-refractivity contribution >= 4 is 76.5 Å². The van der Waals surface area contributed by atoms with E-state index in [1.54, 1.807) is 0 Å². The molecule has 3 heteroatoms. The average Bonchev–Trinajstić information content (AvgIpc) is 3.59. The Kier molecular flexibility index (Phi) is 2.98. The minimum atomic E-state index is 0.917. The molecule has 0 fully saturated rings. The summed E-state index contributed by atoms with van der Waals surface area (Å²) in [7, 11) is 0. The van der Waals surface area contributed by atoms with Crippen molar-refractivity contribution in [3.05, 3.63) is 103 Å². The number of fused-ring (bicyclic) bond motifs is 6. The molecular weight excluding hydrogens is 454 g/mol. The summed E-state index contributed by atoms with van der Waals surface area (Å²) in [6.07, 6.45) is 0. The molecule has 0 spiro atoms. The standard InChI is InChI=1S/C34H17NO2/c1-2-8-18(9-3-1)35-23-13-5-4-10-21(23)30-33(35)22-16-17-26-31-27-19(11-6-14-24(27)36-26)20-12-7-15-25-28(20)32(29(22)31)34(30)37-25/h1-17H. The maximum atomic E-state index is 6.82. The lowest BCUT2D eigenvalue weighted by atomic mass is 9.97. The molecule has 9 aromatic rings. The SMILES string of the molecule is c1ccc(-n2c3ccccc3c3c4oc5cccc6c5c4c4c(ccc5oc7cccc-6c7c54)c32)cc1. The highest BCUT2D eigenvalue weighted by atomic mass is 16.3. The summed E-state index contributed by atoms with van der Waals surface area (Å²) in [6, 6.07) is 36.5. The van der Waals surface area contributed by atoms with Crippen molar-refractivity contribution in [3.63, 3.8) is 0 Å². The Morgan fingerprint density at radius 1 is 0.432 bits per heavy atom. The summed E-state index contributed by atoms with van der Waals surface area (Å²) in [5.74, 6) is 0. The molecule has 0 amide bonds. The zero-order chi connectivity index (χ0) is 23.8. The summed E-state index contributed by atoms with van der Waals surface area (Å²) in [5, 5.41) is 9.54. The first-order chi connectivity index (χ1) is 18.4. The van der Waals surface area contributed by atoms with Gasteiger partial charge in [0.1, 0.15) is 22.3 Å². The number of benzene rings is 6. The van der Waals surface area contributed by atoms with Crippen LogP contribution in [-0.4, -0.2) is 4.57 Å². The maximum absolute atomic E-state index is 6.82. The van der Waals surface area contributed by atoms with Crippen LogP contribution in [0.25, 0.3) is 93.3 Å². The van der Waals surface area contributed by atoms with Crippen molar-refractivity contribution in [2.24, 2.45) is 0 Å². The van der Waals surface area contributed by atoms with E-state index in [9.17, 15) is 0 Å². The van der Waals surface area contributed by atoms with Crippen molar-refractivity contribution in [2.45, 2.75) is 0 Å². The quantitative estimate of drug-likeness (QED) is 0.239. The van der Waals surface area contributed by atoms with E-state index in [0.717, 1.165) is 33.4 Å². The molecule has 1 aliphatic rings. The van der Waals surface area contributed by atoms with E-state index in [0.29, 0.717) is 0 Å². The van der Waals surface area contributed by atoms with Gasteiger partial charge in [0, 0.05) is 43.4 Å². The summed E-state index contributed by atoms with van der Waals surface area (Å²) in [4.78, 5) is 0. The van der Waals surface area contributed by atoms with Gasteiger partial charge in [-0.25, -0.2) is 0 Å². The molecule has 0 bridgehead atoms. The third-order valence-corrected chi connectivity index (χ3v) is 8.29. The molecule has 0 unspecified atom stereocenters. The highest BCUT2D eigenvalue weighted by Crippen LogP contribution is 2.53. The zero-order valence-corrected chi connectivity index (χ0v) is 19.6. The number of hydrogen-bond donors (Lipinski definition) is 0. The van der Waals surface area contributed by atoms with Crippen LogP contribution in [-0.2, 0) is 0 Å². The van der Waals surface area contributed by atoms with E-state index in [2.05, 4.69) is 108 Å². The zero-order valence-electron chi connectivity index (χ0n) is 19.6. The molecule has 0 saturated carbocycles. The highest BCUT2D eigenvalue weighted by Gasteiger charge is 2.29. The number of para-hydroxylation sites is 2. The first-order valence-corrected chi connectivity index (χ1v) is 12.6. The van der Waals surface area contributed by atoms with Gasteiger partial charge in [0.05, 0.1) is 16.4 Å². The molecule has 0 saturated heterocycles. The fraction of sp³-hybridized carbons (Fsp3) is 0. The number of nitrogens with zero attached hydrogens (tertiary/aromatic N) is 1. The van der Waals surface area contributed by atoms with Crippen molar-refractivity contribution in [2.75, 3.05) is 0 Å². The van der Waals surface area contributed by atoms with Crippen LogP contribution in [0.2, 0.25) is 0 Å². The predicted molar refractivity (Wildman–Crippen MR) is 152 cm³/mol. The van der Waals surface area contributed by atoms with Gasteiger partial charge in [-0.2, -0.15) is 0 Å². The van der Waals surface area contributed by atoms with E-state index >= 15 is 0 Å². The summed E-state index contributed by atoms with van der Waals surface area (Å²) in [6.45, 7) is 0. The lowest BCUT2D eigenvalue weighted by Gasteiger charge is -2.11. The largest absolute Gasteiger partial charge is 0.456 e. The van der Waals surface area contributed by atoms with E-state index < -0.39 is 0 Å². The molecule has 3 aromatic heterocycles. The molecule has 0 aliphatic heterocycles. The normalized spacial score (nSPS) is 12.9. The third kappa shape index (κ3) is 1.97. The van der Waals surface area contributed by atoms with Crippen LogP contribution in [0.5, 0.6) is 0 Å². The van der Waals surface area contributed by atoms with Gasteiger partial charge in [-0.3, -0.25) is 0 Å². The lowest BCUT2D eigenvalue weighted by molar-refractivity contribution is 0.669. The Hall–Kier alpha value is -5.02. The minimum Gasteiger partial charge on any atom is -0.456 e. The van der Waals surface area contributed by atoms with Crippen LogP contribution >= 0.6 is 0 Å². The van der Waals surface area contributed by atoms with Gasteiger partial charge in [-0.1, -0.05) is 60.7 Å². The summed E-state index contributed by atoms with van der Waals surface area (Å²) in [5.41, 5.74) is 9.61. The van der Waals surface area contributed by atoms with E-state index in [-0.39, 0.29) is 0 Å². The summed E-state index contributed by atoms with van der Waals surface area (Å²) >= 11 is 0. The Morgan fingerprint density at radius 2 is 1.14 bits per heavy atom. The van der Waals surface area contributed by atoms with Gasteiger partial charge in [0.25, 0.3) is 0 Å². The number of aromatic nitrogens is 1. The lowest BCUT2D eigenvalue weighted by Crippen LogP contribution is -1.94. The first-order valence-electron chi connectivity index (χ1n) is 12.6. The van der Waals surface area contributed by atoms with Crippen LogP contribution in [0.15, 0.2) is 112 Å². The fourth-order valence-corrected chi connectivity index (χ4v) is 6.95. The molecule has 3 heterocycles. The first kappa shape index (κ1) is 18.3. The van der Waals surface area contributed by atoms with E-state index in [1.165, 1.54) is 59.9 Å². The summed E-state index contributed by atoms with van der Waals surface area (Å²) < 4.78 is 15.7. The van der Waals surface area contributed by atoms with E-state index in [1.807, 2.05) is 0 Å². The third-order valence-electron chi connectivity index (χ3n) is 8.29. The van der Waals surface area contributed by atoms with Gasteiger partial charge in [0.15, 0.2) is 0 Å². The Morgan fingerprint density at radius 3 is 1.97 bits per heavy atom. The molecular formula is C34H17NO2. The van der Waals surface area contributed by atoms with Gasteiger partial charge < -0.3 is 13.4 Å². The molecule has 1 aliphatic carbocycles. The van der Waals surface area contributed by atoms with Gasteiger partial charge in [0.2, 0.25) is 0 Å². The molecule has 0 radical (unpaired) electrons. The second-order valence-corrected chi connectivity index (χ2v) is 10.0. The van der Waals surface area contributed by atoms with Crippen molar-refractivity contribution < 1.29 is 8.83 Å². The molecule has 3 nitrogen and oxygen atoms in total. The molecule has 10 rings (SSSR count). The predicted octanol–water partition coefficient (Wildman–Crippen LogP) is 9.72. The Balaban J connectivity index is 1.65. The topological polar surface area (TPSA) is 31.2 Å². The molecule has 6 aromatic carbocycles. The average molecular weight is 472 g/mol. The number of hydrogen-bond acceptors (Lipinski definition) is 2. The van der Waals surface area contributed by atoms with E-state index in [4.69, 9.17) is 8.83 Å². The van der Waals surface area contributed by atoms with Crippen molar-refractivity contribution in [3.8, 4) is 16.8 Å². The number of furan rings is 2. The molecule has 37 heavy (non-hydrogen) atoms. The smallest absolute Gasteiger partial charge is 0.146 e. The van der Waals surface area contributed by atoms with Gasteiger partial charge in [-0.15, -0.1) is 0 Å². The second-order valence-electron chi connectivity index (χ2n) is 10.0. The van der Waals surface area contributed by atoms with Crippen molar-refractivity contribution in [1.29, 1.82) is 0 Å².